The van der Waals surface area contributed by atoms with Gasteiger partial charge in [-0.1, -0.05) is 182 Å². The highest BCUT2D eigenvalue weighted by atomic mass is 16.5. The number of hydrogen-bond acceptors (Lipinski definition) is 4. The predicted octanol–water partition coefficient (Wildman–Crippen LogP) is 17.8. The lowest BCUT2D eigenvalue weighted by Crippen LogP contribution is -2.36. The van der Waals surface area contributed by atoms with Gasteiger partial charge in [-0.05, 0) is 105 Å². The summed E-state index contributed by atoms with van der Waals surface area (Å²) in [6, 6.07) is 88.3. The van der Waals surface area contributed by atoms with E-state index in [-0.39, 0.29) is 0 Å². The maximum atomic E-state index is 6.89. The first-order chi connectivity index (χ1) is 34.2. The SMILES string of the molecule is c1ccc(-c2ccccc2-c2ccc(N(c3ccc(-c4ccc5c(c4)Oc4ccccc4C54c5ccccc5Oc5ccccc54)cc3)c3cccc4ccc5c6ccccc6oc5c34)cc2)cc1. The van der Waals surface area contributed by atoms with Crippen molar-refractivity contribution in [3.63, 3.8) is 0 Å². The van der Waals surface area contributed by atoms with Crippen LogP contribution in [0.3, 0.4) is 0 Å². The molecular formula is C65H41NO3. The molecule has 0 saturated heterocycles. The quantitative estimate of drug-likeness (QED) is 0.167. The maximum Gasteiger partial charge on any atom is 0.145 e. The number of anilines is 3. The van der Waals surface area contributed by atoms with Crippen molar-refractivity contribution in [3.05, 3.63) is 271 Å². The third kappa shape index (κ3) is 6.02. The second-order valence-electron chi connectivity index (χ2n) is 17.9. The first kappa shape index (κ1) is 39.1. The molecule has 0 N–H and O–H groups in total. The van der Waals surface area contributed by atoms with Crippen LogP contribution in [0.4, 0.5) is 17.1 Å². The van der Waals surface area contributed by atoms with E-state index in [1.165, 1.54) is 16.7 Å². The Labute approximate surface area is 399 Å². The lowest BCUT2D eigenvalue weighted by atomic mass is 9.62. The van der Waals surface area contributed by atoms with Crippen LogP contribution in [-0.4, -0.2) is 0 Å². The molecular weight excluding hydrogens is 843 g/mol. The van der Waals surface area contributed by atoms with Crippen LogP contribution < -0.4 is 14.4 Å². The van der Waals surface area contributed by atoms with E-state index in [0.29, 0.717) is 0 Å². The summed E-state index contributed by atoms with van der Waals surface area (Å²) in [4.78, 5) is 2.36. The second-order valence-corrected chi connectivity index (χ2v) is 17.9. The third-order valence-electron chi connectivity index (χ3n) is 14.2. The van der Waals surface area contributed by atoms with Gasteiger partial charge >= 0.3 is 0 Å². The normalized spacial score (nSPS) is 13.0. The minimum atomic E-state index is -0.638. The Morgan fingerprint density at radius 2 is 0.855 bits per heavy atom. The Bertz CT molecular complexity index is 3900. The van der Waals surface area contributed by atoms with Gasteiger partial charge in [-0.25, -0.2) is 0 Å². The topological polar surface area (TPSA) is 34.8 Å². The highest BCUT2D eigenvalue weighted by Gasteiger charge is 2.50. The van der Waals surface area contributed by atoms with Gasteiger partial charge in [-0.15, -0.1) is 0 Å². The average Bonchev–Trinajstić information content (AvgIpc) is 3.81. The van der Waals surface area contributed by atoms with E-state index in [2.05, 4.69) is 235 Å². The van der Waals surface area contributed by atoms with E-state index >= 15 is 0 Å². The maximum absolute atomic E-state index is 6.89. The number of nitrogens with zero attached hydrogens (tertiary/aromatic N) is 1. The van der Waals surface area contributed by atoms with Gasteiger partial charge in [0, 0.05) is 49.8 Å². The zero-order valence-electron chi connectivity index (χ0n) is 37.3. The van der Waals surface area contributed by atoms with Gasteiger partial charge in [0.2, 0.25) is 0 Å². The molecule has 4 nitrogen and oxygen atoms in total. The van der Waals surface area contributed by atoms with Crippen molar-refractivity contribution >= 4 is 49.8 Å². The minimum absolute atomic E-state index is 0.638. The number of rotatable bonds is 6. The molecule has 0 fully saturated rings. The summed E-state index contributed by atoms with van der Waals surface area (Å²) in [6.45, 7) is 0. The van der Waals surface area contributed by atoms with Crippen LogP contribution in [0.25, 0.3) is 66.1 Å². The van der Waals surface area contributed by atoms with Crippen LogP contribution in [0.2, 0.25) is 0 Å². The molecule has 69 heavy (non-hydrogen) atoms. The van der Waals surface area contributed by atoms with Gasteiger partial charge in [0.15, 0.2) is 0 Å². The molecule has 0 aliphatic carbocycles. The van der Waals surface area contributed by atoms with E-state index < -0.39 is 5.41 Å². The Hall–Kier alpha value is -9.12. The molecule has 4 heteroatoms. The van der Waals surface area contributed by atoms with E-state index in [4.69, 9.17) is 13.9 Å². The molecule has 3 heterocycles. The fourth-order valence-corrected chi connectivity index (χ4v) is 11.1. The van der Waals surface area contributed by atoms with Crippen LogP contribution in [0.1, 0.15) is 22.3 Å². The Kier molecular flexibility index (Phi) is 8.77. The molecule has 12 aromatic rings. The van der Waals surface area contributed by atoms with E-state index in [0.717, 1.165) is 112 Å². The molecule has 2 aliphatic rings. The molecule has 1 aromatic heterocycles. The molecule has 2 aliphatic heterocycles. The summed E-state index contributed by atoms with van der Waals surface area (Å²) in [6.07, 6.45) is 0. The van der Waals surface area contributed by atoms with Crippen molar-refractivity contribution in [2.75, 3.05) is 4.90 Å². The van der Waals surface area contributed by atoms with Gasteiger partial charge in [-0.2, -0.15) is 0 Å². The molecule has 0 radical (unpaired) electrons. The first-order valence-electron chi connectivity index (χ1n) is 23.5. The van der Waals surface area contributed by atoms with Gasteiger partial charge in [-0.3, -0.25) is 0 Å². The Morgan fingerprint density at radius 3 is 1.52 bits per heavy atom. The van der Waals surface area contributed by atoms with Crippen LogP contribution in [0, 0.1) is 0 Å². The number of fused-ring (bicyclic) bond motifs is 13. The minimum Gasteiger partial charge on any atom is -0.457 e. The predicted molar refractivity (Wildman–Crippen MR) is 281 cm³/mol. The van der Waals surface area contributed by atoms with Crippen LogP contribution in [0.5, 0.6) is 23.0 Å². The fourth-order valence-electron chi connectivity index (χ4n) is 11.1. The van der Waals surface area contributed by atoms with Gasteiger partial charge < -0.3 is 18.8 Å². The van der Waals surface area contributed by atoms with Crippen molar-refractivity contribution in [2.45, 2.75) is 5.41 Å². The zero-order chi connectivity index (χ0) is 45.5. The highest BCUT2D eigenvalue weighted by molar-refractivity contribution is 6.19. The van der Waals surface area contributed by atoms with Crippen molar-refractivity contribution in [1.82, 2.24) is 0 Å². The van der Waals surface area contributed by atoms with E-state index in [1.807, 2.05) is 18.2 Å². The van der Waals surface area contributed by atoms with Crippen LogP contribution >= 0.6 is 0 Å². The number of para-hydroxylation sites is 4. The van der Waals surface area contributed by atoms with E-state index in [1.54, 1.807) is 0 Å². The number of benzene rings is 11. The summed E-state index contributed by atoms with van der Waals surface area (Å²) in [5.74, 6) is 3.36. The summed E-state index contributed by atoms with van der Waals surface area (Å²) in [7, 11) is 0. The Balaban J connectivity index is 0.910. The molecule has 14 rings (SSSR count). The molecule has 0 atom stereocenters. The third-order valence-corrected chi connectivity index (χ3v) is 14.2. The van der Waals surface area contributed by atoms with Crippen molar-refractivity contribution in [3.8, 4) is 56.4 Å². The molecule has 0 saturated carbocycles. The van der Waals surface area contributed by atoms with Gasteiger partial charge in [0.1, 0.15) is 34.2 Å². The highest BCUT2D eigenvalue weighted by Crippen LogP contribution is 2.61. The Morgan fingerprint density at radius 1 is 0.333 bits per heavy atom. The standard InChI is InChI=1S/C65H41NO3/c1-2-15-43(16-3-1)49-18-4-5-19-50(49)44-31-37-48(38-32-44)66(57-24-14-17-45-33-39-52-51-20-6-10-25-58(51)69-64(52)63(45)57)47-35-29-42(30-36-47)46-34-40-56-62(41-46)68-61-28-13-9-23-55(61)65(56)53-21-7-11-26-59(53)67-60-27-12-8-22-54(60)65/h1-41H. The first-order valence-corrected chi connectivity index (χ1v) is 23.5. The van der Waals surface area contributed by atoms with E-state index in [9.17, 15) is 0 Å². The summed E-state index contributed by atoms with van der Waals surface area (Å²) in [5.41, 5.74) is 15.5. The summed E-state index contributed by atoms with van der Waals surface area (Å²) in [5, 5.41) is 4.37. The molecule has 0 unspecified atom stereocenters. The number of hydrogen-bond donors (Lipinski definition) is 0. The van der Waals surface area contributed by atoms with Gasteiger partial charge in [0.25, 0.3) is 0 Å². The second kappa shape index (κ2) is 15.5. The number of furan rings is 1. The fraction of sp³-hybridized carbons (Fsp3) is 0.0154. The summed E-state index contributed by atoms with van der Waals surface area (Å²) < 4.78 is 20.2. The van der Waals surface area contributed by atoms with Crippen molar-refractivity contribution in [2.24, 2.45) is 0 Å². The lowest BCUT2D eigenvalue weighted by molar-refractivity contribution is 0.399. The van der Waals surface area contributed by atoms with Crippen molar-refractivity contribution in [1.29, 1.82) is 0 Å². The van der Waals surface area contributed by atoms with Crippen LogP contribution in [0.15, 0.2) is 253 Å². The molecule has 324 valence electrons. The monoisotopic (exact) mass is 883 g/mol. The molecule has 0 amide bonds. The van der Waals surface area contributed by atoms with Crippen LogP contribution in [-0.2, 0) is 5.41 Å². The molecule has 0 bridgehead atoms. The smallest absolute Gasteiger partial charge is 0.145 e. The van der Waals surface area contributed by atoms with Gasteiger partial charge in [0.05, 0.1) is 11.1 Å². The molecule has 1 spiro atoms. The number of ether oxygens (including phenoxy) is 2. The largest absolute Gasteiger partial charge is 0.457 e. The molecule has 11 aromatic carbocycles. The summed E-state index contributed by atoms with van der Waals surface area (Å²) >= 11 is 0. The zero-order valence-corrected chi connectivity index (χ0v) is 37.3. The average molecular weight is 884 g/mol. The van der Waals surface area contributed by atoms with Crippen molar-refractivity contribution < 1.29 is 13.9 Å². The lowest BCUT2D eigenvalue weighted by Gasteiger charge is -2.44.